The van der Waals surface area contributed by atoms with Gasteiger partial charge in [0.15, 0.2) is 0 Å². The molecule has 0 aliphatic heterocycles. The van der Waals surface area contributed by atoms with Gasteiger partial charge in [-0.1, -0.05) is 53.0 Å². The predicted molar refractivity (Wildman–Crippen MR) is 115 cm³/mol. The molecule has 0 unspecified atom stereocenters. The van der Waals surface area contributed by atoms with Gasteiger partial charge < -0.3 is 5.32 Å². The van der Waals surface area contributed by atoms with Crippen molar-refractivity contribution < 1.29 is 4.79 Å². The van der Waals surface area contributed by atoms with Gasteiger partial charge in [0.05, 0.1) is 34.4 Å². The molecule has 0 saturated heterocycles. The zero-order valence-electron chi connectivity index (χ0n) is 15.5. The summed E-state index contributed by atoms with van der Waals surface area (Å²) in [7, 11) is 0. The molecule has 3 aromatic rings. The topological polar surface area (TPSA) is 46.9 Å². The Balaban J connectivity index is 1.95. The third-order valence-electron chi connectivity index (χ3n) is 4.08. The molecular formula is C21H20Cl3N3O. The third-order valence-corrected chi connectivity index (χ3v) is 5.07. The zero-order valence-corrected chi connectivity index (χ0v) is 17.8. The van der Waals surface area contributed by atoms with Gasteiger partial charge in [0.25, 0.3) is 0 Å². The van der Waals surface area contributed by atoms with Crippen LogP contribution in [0.15, 0.2) is 48.5 Å². The Morgan fingerprint density at radius 2 is 1.75 bits per heavy atom. The first-order chi connectivity index (χ1) is 13.3. The Kier molecular flexibility index (Phi) is 6.65. The lowest BCUT2D eigenvalue weighted by Gasteiger charge is -2.09. The first-order valence-corrected chi connectivity index (χ1v) is 10.0. The Hall–Kier alpha value is -2.01. The second-order valence-electron chi connectivity index (χ2n) is 6.83. The van der Waals surface area contributed by atoms with Gasteiger partial charge in [-0.15, -0.1) is 0 Å². The van der Waals surface area contributed by atoms with E-state index in [1.54, 1.807) is 12.1 Å². The number of rotatable bonds is 6. The molecular weight excluding hydrogens is 417 g/mol. The number of aromatic nitrogens is 2. The molecule has 0 radical (unpaired) electrons. The van der Waals surface area contributed by atoms with Crippen molar-refractivity contribution in [3.8, 4) is 11.3 Å². The average Bonchev–Trinajstić information content (AvgIpc) is 3.00. The van der Waals surface area contributed by atoms with Crippen molar-refractivity contribution in [2.75, 3.05) is 0 Å². The molecule has 0 bridgehead atoms. The second kappa shape index (κ2) is 8.99. The number of amides is 1. The summed E-state index contributed by atoms with van der Waals surface area (Å²) >= 11 is 18.2. The van der Waals surface area contributed by atoms with Crippen LogP contribution in [-0.2, 0) is 17.8 Å². The van der Waals surface area contributed by atoms with E-state index in [0.29, 0.717) is 27.3 Å². The van der Waals surface area contributed by atoms with Crippen molar-refractivity contribution >= 4 is 40.7 Å². The summed E-state index contributed by atoms with van der Waals surface area (Å²) in [5, 5.41) is 9.18. The predicted octanol–water partition coefficient (Wildman–Crippen LogP) is 5.63. The van der Waals surface area contributed by atoms with Crippen molar-refractivity contribution in [1.29, 1.82) is 0 Å². The maximum absolute atomic E-state index is 12.2. The molecule has 0 atom stereocenters. The minimum Gasteiger partial charge on any atom is -0.354 e. The first-order valence-electron chi connectivity index (χ1n) is 8.88. The van der Waals surface area contributed by atoms with Crippen LogP contribution in [0.25, 0.3) is 11.3 Å². The molecule has 0 spiro atoms. The lowest BCUT2D eigenvalue weighted by molar-refractivity contribution is -0.120. The van der Waals surface area contributed by atoms with Crippen LogP contribution in [0.4, 0.5) is 0 Å². The van der Waals surface area contributed by atoms with E-state index in [0.717, 1.165) is 16.8 Å². The van der Waals surface area contributed by atoms with Gasteiger partial charge in [0.2, 0.25) is 5.91 Å². The van der Waals surface area contributed by atoms with Crippen LogP contribution in [0.5, 0.6) is 0 Å². The normalized spacial score (nSPS) is 11.1. The fraction of sp³-hybridized carbons (Fsp3) is 0.238. The molecule has 0 aliphatic carbocycles. The fourth-order valence-corrected chi connectivity index (χ4v) is 3.29. The molecule has 1 heterocycles. The number of hydrogen-bond acceptors (Lipinski definition) is 2. The third kappa shape index (κ3) is 5.28. The van der Waals surface area contributed by atoms with Crippen LogP contribution in [0.1, 0.15) is 25.1 Å². The van der Waals surface area contributed by atoms with E-state index in [-0.39, 0.29) is 18.4 Å². The van der Waals surface area contributed by atoms with Crippen molar-refractivity contribution in [2.45, 2.75) is 32.9 Å². The van der Waals surface area contributed by atoms with Gasteiger partial charge in [-0.25, -0.2) is 0 Å². The van der Waals surface area contributed by atoms with E-state index >= 15 is 0 Å². The second-order valence-corrected chi connectivity index (χ2v) is 8.08. The molecule has 2 aromatic carbocycles. The molecule has 1 N–H and O–H groups in total. The average molecular weight is 437 g/mol. The standard InChI is InChI=1S/C21H20Cl3N3O/c1-13(2)25-21(28)11-17-10-20(15-5-8-18(23)19(24)9-15)27(26-17)12-14-3-6-16(22)7-4-14/h3-10,13H,11-12H2,1-2H3,(H,25,28). The minimum atomic E-state index is -0.0631. The van der Waals surface area contributed by atoms with Crippen molar-refractivity contribution in [1.82, 2.24) is 15.1 Å². The van der Waals surface area contributed by atoms with Gasteiger partial charge in [-0.3, -0.25) is 9.48 Å². The van der Waals surface area contributed by atoms with E-state index in [1.165, 1.54) is 0 Å². The molecule has 4 nitrogen and oxygen atoms in total. The SMILES string of the molecule is CC(C)NC(=O)Cc1cc(-c2ccc(Cl)c(Cl)c2)n(Cc2ccc(Cl)cc2)n1. The Labute approximate surface area is 179 Å². The van der Waals surface area contributed by atoms with E-state index in [1.807, 2.05) is 54.9 Å². The highest BCUT2D eigenvalue weighted by Crippen LogP contribution is 2.29. The summed E-state index contributed by atoms with van der Waals surface area (Å²) in [6.45, 7) is 4.40. The highest BCUT2D eigenvalue weighted by Gasteiger charge is 2.15. The summed E-state index contributed by atoms with van der Waals surface area (Å²) in [5.74, 6) is -0.0631. The molecule has 1 aromatic heterocycles. The van der Waals surface area contributed by atoms with Crippen LogP contribution in [0.2, 0.25) is 15.1 Å². The van der Waals surface area contributed by atoms with Crippen LogP contribution in [0, 0.1) is 0 Å². The Morgan fingerprint density at radius 1 is 1.04 bits per heavy atom. The molecule has 0 saturated carbocycles. The van der Waals surface area contributed by atoms with Crippen LogP contribution >= 0.6 is 34.8 Å². The largest absolute Gasteiger partial charge is 0.354 e. The van der Waals surface area contributed by atoms with Crippen molar-refractivity contribution in [3.63, 3.8) is 0 Å². The van der Waals surface area contributed by atoms with Gasteiger partial charge in [0.1, 0.15) is 0 Å². The molecule has 3 rings (SSSR count). The maximum Gasteiger partial charge on any atom is 0.226 e. The summed E-state index contributed by atoms with van der Waals surface area (Å²) in [5.41, 5.74) is 3.48. The highest BCUT2D eigenvalue weighted by molar-refractivity contribution is 6.42. The quantitative estimate of drug-likeness (QED) is 0.544. The molecule has 7 heteroatoms. The first kappa shape index (κ1) is 20.7. The highest BCUT2D eigenvalue weighted by atomic mass is 35.5. The van der Waals surface area contributed by atoms with Crippen LogP contribution in [0.3, 0.4) is 0 Å². The summed E-state index contributed by atoms with van der Waals surface area (Å²) in [6.07, 6.45) is 0.208. The van der Waals surface area contributed by atoms with E-state index in [9.17, 15) is 4.79 Å². The number of nitrogens with zero attached hydrogens (tertiary/aromatic N) is 2. The summed E-state index contributed by atoms with van der Waals surface area (Å²) in [4.78, 5) is 12.2. The molecule has 146 valence electrons. The lowest BCUT2D eigenvalue weighted by atomic mass is 10.1. The van der Waals surface area contributed by atoms with Gasteiger partial charge in [0, 0.05) is 16.6 Å². The number of halogens is 3. The summed E-state index contributed by atoms with van der Waals surface area (Å²) in [6, 6.07) is 15.0. The van der Waals surface area contributed by atoms with E-state index in [2.05, 4.69) is 10.4 Å². The fourth-order valence-electron chi connectivity index (χ4n) is 2.87. The number of carbonyl (C=O) groups excluding carboxylic acids is 1. The van der Waals surface area contributed by atoms with Gasteiger partial charge in [-0.2, -0.15) is 5.10 Å². The molecule has 0 fully saturated rings. The van der Waals surface area contributed by atoms with E-state index in [4.69, 9.17) is 34.8 Å². The van der Waals surface area contributed by atoms with Crippen molar-refractivity contribution in [2.24, 2.45) is 0 Å². The van der Waals surface area contributed by atoms with Crippen molar-refractivity contribution in [3.05, 3.63) is 74.9 Å². The minimum absolute atomic E-state index is 0.0631. The number of carbonyl (C=O) groups is 1. The van der Waals surface area contributed by atoms with Gasteiger partial charge >= 0.3 is 0 Å². The Bertz CT molecular complexity index is 981. The molecule has 28 heavy (non-hydrogen) atoms. The molecule has 1 amide bonds. The maximum atomic E-state index is 12.2. The number of benzene rings is 2. The van der Waals surface area contributed by atoms with E-state index < -0.39 is 0 Å². The van der Waals surface area contributed by atoms with Crippen LogP contribution < -0.4 is 5.32 Å². The van der Waals surface area contributed by atoms with Crippen LogP contribution in [-0.4, -0.2) is 21.7 Å². The summed E-state index contributed by atoms with van der Waals surface area (Å²) < 4.78 is 1.86. The number of hydrogen-bond donors (Lipinski definition) is 1. The Morgan fingerprint density at radius 3 is 2.39 bits per heavy atom. The number of nitrogens with one attached hydrogen (secondary N) is 1. The monoisotopic (exact) mass is 435 g/mol. The van der Waals surface area contributed by atoms with Gasteiger partial charge in [-0.05, 0) is 49.7 Å². The smallest absolute Gasteiger partial charge is 0.226 e. The molecule has 0 aliphatic rings. The zero-order chi connectivity index (χ0) is 20.3. The lowest BCUT2D eigenvalue weighted by Crippen LogP contribution is -2.31.